The average molecular weight is 528 g/mol. The van der Waals surface area contributed by atoms with Gasteiger partial charge in [-0.15, -0.1) is 0 Å². The van der Waals surface area contributed by atoms with Gasteiger partial charge in [-0.1, -0.05) is 48.4 Å². The molecule has 0 aliphatic carbocycles. The first-order valence-corrected chi connectivity index (χ1v) is 13.4. The van der Waals surface area contributed by atoms with E-state index in [0.29, 0.717) is 27.5 Å². The van der Waals surface area contributed by atoms with Crippen molar-refractivity contribution in [1.29, 1.82) is 0 Å². The predicted octanol–water partition coefficient (Wildman–Crippen LogP) is 5.32. The normalized spacial score (nSPS) is 12.0. The molecule has 2 amide bonds. The Morgan fingerprint density at radius 3 is 2.31 bits per heavy atom. The zero-order valence-electron chi connectivity index (χ0n) is 20.7. The van der Waals surface area contributed by atoms with Gasteiger partial charge in [0.1, 0.15) is 6.54 Å². The van der Waals surface area contributed by atoms with Gasteiger partial charge < -0.3 is 10.6 Å². The number of carbonyl (C=O) groups is 2. The van der Waals surface area contributed by atoms with E-state index in [1.807, 2.05) is 20.8 Å². The molecule has 0 unspecified atom stereocenters. The van der Waals surface area contributed by atoms with Gasteiger partial charge in [0, 0.05) is 11.1 Å². The highest BCUT2D eigenvalue weighted by Gasteiger charge is 2.29. The predicted molar refractivity (Wildman–Crippen MR) is 144 cm³/mol. The Labute approximate surface area is 217 Å². The standard InChI is InChI=1S/C27H30ClN3O4S/c1-5-20(4)29-27(33)23-8-6-7-9-24(23)30-26(32)17-31(25-15-12-21(28)16-19(25)3)36(34,35)22-13-10-18(2)11-14-22/h6-16,20H,5,17H2,1-4H3,(H,29,33)(H,30,32)/t20-/m1/s1. The highest BCUT2D eigenvalue weighted by Crippen LogP contribution is 2.29. The number of para-hydroxylation sites is 1. The van der Waals surface area contributed by atoms with E-state index in [-0.39, 0.29) is 16.8 Å². The van der Waals surface area contributed by atoms with Crippen molar-refractivity contribution in [3.05, 3.63) is 88.4 Å². The lowest BCUT2D eigenvalue weighted by molar-refractivity contribution is -0.114. The van der Waals surface area contributed by atoms with Gasteiger partial charge in [-0.3, -0.25) is 13.9 Å². The summed E-state index contributed by atoms with van der Waals surface area (Å²) in [5.41, 5.74) is 2.43. The van der Waals surface area contributed by atoms with E-state index in [2.05, 4.69) is 10.6 Å². The van der Waals surface area contributed by atoms with E-state index in [9.17, 15) is 18.0 Å². The molecule has 7 nitrogen and oxygen atoms in total. The van der Waals surface area contributed by atoms with Gasteiger partial charge in [-0.25, -0.2) is 8.42 Å². The number of nitrogens with zero attached hydrogens (tertiary/aromatic N) is 1. The Morgan fingerprint density at radius 1 is 1.00 bits per heavy atom. The van der Waals surface area contributed by atoms with E-state index >= 15 is 0 Å². The molecule has 0 spiro atoms. The number of amides is 2. The SMILES string of the molecule is CC[C@@H](C)NC(=O)c1ccccc1NC(=O)CN(c1ccc(Cl)cc1C)S(=O)(=O)c1ccc(C)cc1. The summed E-state index contributed by atoms with van der Waals surface area (Å²) in [5.74, 6) is -0.915. The first kappa shape index (κ1) is 27.2. The van der Waals surface area contributed by atoms with Crippen LogP contribution in [0.3, 0.4) is 0 Å². The third kappa shape index (κ3) is 6.44. The van der Waals surface area contributed by atoms with Crippen LogP contribution in [0.2, 0.25) is 5.02 Å². The van der Waals surface area contributed by atoms with Crippen LogP contribution in [0.1, 0.15) is 41.8 Å². The lowest BCUT2D eigenvalue weighted by Crippen LogP contribution is -2.39. The fourth-order valence-corrected chi connectivity index (χ4v) is 5.26. The molecule has 9 heteroatoms. The number of benzene rings is 3. The summed E-state index contributed by atoms with van der Waals surface area (Å²) in [6, 6.07) is 17.8. The summed E-state index contributed by atoms with van der Waals surface area (Å²) in [6.07, 6.45) is 0.756. The third-order valence-corrected chi connectivity index (χ3v) is 7.77. The van der Waals surface area contributed by atoms with E-state index in [0.717, 1.165) is 16.3 Å². The monoisotopic (exact) mass is 527 g/mol. The van der Waals surface area contributed by atoms with Crippen LogP contribution in [0.25, 0.3) is 0 Å². The van der Waals surface area contributed by atoms with Gasteiger partial charge in [-0.05, 0) is 75.2 Å². The fraction of sp³-hybridized carbons (Fsp3) is 0.259. The van der Waals surface area contributed by atoms with Gasteiger partial charge in [0.05, 0.1) is 21.8 Å². The second-order valence-corrected chi connectivity index (χ2v) is 10.9. The smallest absolute Gasteiger partial charge is 0.264 e. The maximum Gasteiger partial charge on any atom is 0.264 e. The first-order chi connectivity index (χ1) is 17.0. The van der Waals surface area contributed by atoms with E-state index in [1.54, 1.807) is 61.5 Å². The van der Waals surface area contributed by atoms with Crippen LogP contribution in [0.15, 0.2) is 71.6 Å². The van der Waals surface area contributed by atoms with Crippen molar-refractivity contribution in [3.63, 3.8) is 0 Å². The molecule has 0 saturated heterocycles. The number of hydrogen-bond donors (Lipinski definition) is 2. The van der Waals surface area contributed by atoms with Crippen LogP contribution in [-0.2, 0) is 14.8 Å². The largest absolute Gasteiger partial charge is 0.350 e. The van der Waals surface area contributed by atoms with Crippen molar-refractivity contribution < 1.29 is 18.0 Å². The second kappa shape index (κ2) is 11.6. The Kier molecular flexibility index (Phi) is 8.76. The first-order valence-electron chi connectivity index (χ1n) is 11.6. The summed E-state index contributed by atoms with van der Waals surface area (Å²) in [7, 11) is -4.09. The maximum atomic E-state index is 13.6. The van der Waals surface area contributed by atoms with Gasteiger partial charge in [0.25, 0.3) is 15.9 Å². The molecular weight excluding hydrogens is 498 g/mol. The number of hydrogen-bond acceptors (Lipinski definition) is 4. The van der Waals surface area contributed by atoms with Gasteiger partial charge >= 0.3 is 0 Å². The number of anilines is 2. The molecular formula is C27H30ClN3O4S. The van der Waals surface area contributed by atoms with Crippen LogP contribution in [0, 0.1) is 13.8 Å². The second-order valence-electron chi connectivity index (χ2n) is 8.63. The van der Waals surface area contributed by atoms with E-state index < -0.39 is 22.5 Å². The van der Waals surface area contributed by atoms with Crippen molar-refractivity contribution in [3.8, 4) is 0 Å². The van der Waals surface area contributed by atoms with Crippen molar-refractivity contribution in [2.75, 3.05) is 16.2 Å². The molecule has 0 heterocycles. The molecule has 0 bridgehead atoms. The molecule has 3 aromatic rings. The number of carbonyl (C=O) groups excluding carboxylic acids is 2. The lowest BCUT2D eigenvalue weighted by atomic mass is 10.1. The molecule has 0 aliphatic rings. The molecule has 190 valence electrons. The number of sulfonamides is 1. The average Bonchev–Trinajstić information content (AvgIpc) is 2.83. The van der Waals surface area contributed by atoms with Crippen molar-refractivity contribution >= 4 is 44.8 Å². The highest BCUT2D eigenvalue weighted by atomic mass is 35.5. The van der Waals surface area contributed by atoms with Crippen molar-refractivity contribution in [2.24, 2.45) is 0 Å². The minimum atomic E-state index is -4.09. The molecule has 36 heavy (non-hydrogen) atoms. The number of aryl methyl sites for hydroxylation is 2. The highest BCUT2D eigenvalue weighted by molar-refractivity contribution is 7.92. The molecule has 3 aromatic carbocycles. The maximum absolute atomic E-state index is 13.6. The summed E-state index contributed by atoms with van der Waals surface area (Å²) in [6.45, 7) is 6.94. The minimum absolute atomic E-state index is 0.0377. The van der Waals surface area contributed by atoms with Crippen molar-refractivity contribution in [2.45, 2.75) is 45.1 Å². The molecule has 0 fully saturated rings. The molecule has 0 saturated carbocycles. The molecule has 2 N–H and O–H groups in total. The Morgan fingerprint density at radius 2 is 1.67 bits per heavy atom. The molecule has 3 rings (SSSR count). The number of halogens is 1. The zero-order valence-corrected chi connectivity index (χ0v) is 22.3. The topological polar surface area (TPSA) is 95.6 Å². The summed E-state index contributed by atoms with van der Waals surface area (Å²) in [4.78, 5) is 26.0. The zero-order chi connectivity index (χ0) is 26.5. The van der Waals surface area contributed by atoms with Gasteiger partial charge in [0.2, 0.25) is 5.91 Å². The number of rotatable bonds is 9. The fourth-order valence-electron chi connectivity index (χ4n) is 3.55. The molecule has 0 aliphatic heterocycles. The Bertz CT molecular complexity index is 1360. The summed E-state index contributed by atoms with van der Waals surface area (Å²) < 4.78 is 28.4. The summed E-state index contributed by atoms with van der Waals surface area (Å²) >= 11 is 6.09. The minimum Gasteiger partial charge on any atom is -0.350 e. The van der Waals surface area contributed by atoms with E-state index in [1.165, 1.54) is 12.1 Å². The van der Waals surface area contributed by atoms with Crippen molar-refractivity contribution in [1.82, 2.24) is 5.32 Å². The Hall–Kier alpha value is -3.36. The van der Waals surface area contributed by atoms with E-state index in [4.69, 9.17) is 11.6 Å². The molecule has 1 atom stereocenters. The van der Waals surface area contributed by atoms with Crippen LogP contribution in [0.4, 0.5) is 11.4 Å². The van der Waals surface area contributed by atoms with Crippen LogP contribution >= 0.6 is 11.6 Å². The van der Waals surface area contributed by atoms with Crippen LogP contribution in [0.5, 0.6) is 0 Å². The lowest BCUT2D eigenvalue weighted by Gasteiger charge is -2.26. The Balaban J connectivity index is 1.95. The van der Waals surface area contributed by atoms with Crippen LogP contribution < -0.4 is 14.9 Å². The van der Waals surface area contributed by atoms with Gasteiger partial charge in [-0.2, -0.15) is 0 Å². The van der Waals surface area contributed by atoms with Gasteiger partial charge in [0.15, 0.2) is 0 Å². The number of nitrogens with one attached hydrogen (secondary N) is 2. The summed E-state index contributed by atoms with van der Waals surface area (Å²) in [5, 5.41) is 6.05. The molecule has 0 radical (unpaired) electrons. The van der Waals surface area contributed by atoms with Crippen LogP contribution in [-0.4, -0.2) is 32.8 Å². The third-order valence-electron chi connectivity index (χ3n) is 5.76. The molecule has 0 aromatic heterocycles. The quantitative estimate of drug-likeness (QED) is 0.393.